The minimum atomic E-state index is -2.52. The molecule has 1 aliphatic rings. The Hall–Kier alpha value is -3.50. The summed E-state index contributed by atoms with van der Waals surface area (Å²) >= 11 is -2.52. The molecule has 1 unspecified atom stereocenters. The van der Waals surface area contributed by atoms with Gasteiger partial charge >= 0.3 is 129 Å². The fourth-order valence-electron chi connectivity index (χ4n) is 4.60. The quantitative estimate of drug-likeness (QED) is 0.182. The molecule has 0 bridgehead atoms. The number of carbonyl (C=O) groups is 1. The Kier molecular flexibility index (Phi) is 11.5. The first-order valence-electron chi connectivity index (χ1n) is 13.4. The van der Waals surface area contributed by atoms with Gasteiger partial charge in [0.25, 0.3) is 0 Å². The predicted octanol–water partition coefficient (Wildman–Crippen LogP) is 7.93. The van der Waals surface area contributed by atoms with E-state index in [9.17, 15) is 4.79 Å². The number of hydrogen-bond acceptors (Lipinski definition) is 1. The zero-order valence-electron chi connectivity index (χ0n) is 23.3. The summed E-state index contributed by atoms with van der Waals surface area (Å²) in [5.41, 5.74) is 8.44. The maximum atomic E-state index is 12.4. The Balaban J connectivity index is 0.000000218. The van der Waals surface area contributed by atoms with Crippen LogP contribution in [0, 0.1) is 13.8 Å². The Bertz CT molecular complexity index is 1420. The number of benzene rings is 4. The van der Waals surface area contributed by atoms with Crippen molar-refractivity contribution >= 4 is 35.1 Å². The summed E-state index contributed by atoms with van der Waals surface area (Å²) in [6.45, 7) is 4.20. The van der Waals surface area contributed by atoms with Gasteiger partial charge in [0.2, 0.25) is 0 Å². The minimum Gasteiger partial charge on any atom is -0.0149 e. The molecular weight excluding hydrogens is 538 g/mol. The van der Waals surface area contributed by atoms with Crippen LogP contribution in [0.2, 0.25) is 10.5 Å². The second-order valence-electron chi connectivity index (χ2n) is 10.5. The van der Waals surface area contributed by atoms with E-state index in [1.165, 1.54) is 33.4 Å². The summed E-state index contributed by atoms with van der Waals surface area (Å²) in [5, 5.41) is 4.52. The third-order valence-corrected chi connectivity index (χ3v) is 11.5. The Morgan fingerprint density at radius 3 is 1.75 bits per heavy atom. The summed E-state index contributed by atoms with van der Waals surface area (Å²) < 4.78 is 3.74. The zero-order chi connectivity index (χ0) is 27.7. The predicted molar refractivity (Wildman–Crippen MR) is 176 cm³/mol. The van der Waals surface area contributed by atoms with E-state index in [1.54, 1.807) is 0 Å². The van der Waals surface area contributed by atoms with Gasteiger partial charge in [0.05, 0.1) is 0 Å². The third kappa shape index (κ3) is 8.76. The molecule has 0 radical (unpaired) electrons. The molecule has 0 spiro atoms. The van der Waals surface area contributed by atoms with Crippen molar-refractivity contribution in [2.45, 2.75) is 28.5 Å². The van der Waals surface area contributed by atoms with Gasteiger partial charge in [0.1, 0.15) is 0 Å². The van der Waals surface area contributed by atoms with Crippen LogP contribution in [0.4, 0.5) is 0 Å². The van der Waals surface area contributed by atoms with E-state index in [0.717, 1.165) is 5.56 Å². The van der Waals surface area contributed by atoms with E-state index in [0.29, 0.717) is 4.22 Å². The van der Waals surface area contributed by atoms with Crippen LogP contribution in [0.25, 0.3) is 18.2 Å². The van der Waals surface area contributed by atoms with Crippen molar-refractivity contribution in [2.24, 2.45) is 0 Å². The van der Waals surface area contributed by atoms with Gasteiger partial charge in [0, 0.05) is 0 Å². The van der Waals surface area contributed by atoms with Crippen molar-refractivity contribution < 1.29 is 21.6 Å². The van der Waals surface area contributed by atoms with E-state index in [1.807, 2.05) is 30.3 Å². The molecule has 0 fully saturated rings. The minimum absolute atomic E-state index is 0. The fraction of sp³-hybridized carbons (Fsp3) is 0.139. The Morgan fingerprint density at radius 2 is 1.20 bits per heavy atom. The van der Waals surface area contributed by atoms with E-state index in [2.05, 4.69) is 137 Å². The first kappa shape index (κ1) is 31.0. The molecule has 0 saturated carbocycles. The number of amides is 1. The van der Waals surface area contributed by atoms with Crippen LogP contribution in [-0.4, -0.2) is 16.9 Å². The molecule has 2 nitrogen and oxygen atoms in total. The van der Waals surface area contributed by atoms with Gasteiger partial charge in [-0.3, -0.25) is 0 Å². The second kappa shape index (κ2) is 14.8. The van der Waals surface area contributed by atoms with Crippen molar-refractivity contribution in [1.29, 1.82) is 0 Å². The summed E-state index contributed by atoms with van der Waals surface area (Å²) in [6, 6.07) is 35.0. The normalized spacial score (nSPS) is 13.8. The van der Waals surface area contributed by atoms with Gasteiger partial charge in [-0.25, -0.2) is 0 Å². The molecule has 4 aromatic rings. The van der Waals surface area contributed by atoms with Crippen LogP contribution >= 0.6 is 0 Å². The topological polar surface area (TPSA) is 29.1 Å². The molecule has 0 heterocycles. The van der Waals surface area contributed by atoms with Crippen molar-refractivity contribution in [3.8, 4) is 0 Å². The zero-order valence-corrected chi connectivity index (χ0v) is 24.8. The molecule has 1 atom stereocenters. The van der Waals surface area contributed by atoms with Crippen molar-refractivity contribution in [2.75, 3.05) is 0 Å². The van der Waals surface area contributed by atoms with Gasteiger partial charge < -0.3 is 0 Å². The van der Waals surface area contributed by atoms with Crippen molar-refractivity contribution in [3.05, 3.63) is 160 Å². The van der Waals surface area contributed by atoms with E-state index >= 15 is 0 Å². The molecule has 0 aromatic heterocycles. The SMILES string of the molecule is Cc1ccc(C=CC=Cc2ccc(C)cc2)cc1.[CH3][Ti]([CH3])([NH]C(=O)c1ccccc1)[CH]1C=Cc2ccccc21.[SiH4]. The van der Waals surface area contributed by atoms with Crippen LogP contribution < -0.4 is 3.80 Å². The Labute approximate surface area is 248 Å². The van der Waals surface area contributed by atoms with Crippen LogP contribution in [0.5, 0.6) is 0 Å². The average Bonchev–Trinajstić information content (AvgIpc) is 3.39. The number of rotatable bonds is 6. The molecule has 40 heavy (non-hydrogen) atoms. The molecular formula is C36H41NOSiTi. The maximum absolute atomic E-state index is 12.4. The number of nitrogens with one attached hydrogen (secondary N) is 1. The molecule has 1 aliphatic carbocycles. The van der Waals surface area contributed by atoms with Crippen molar-refractivity contribution in [3.63, 3.8) is 0 Å². The third-order valence-electron chi connectivity index (χ3n) is 6.89. The molecule has 0 aliphatic heterocycles. The second-order valence-corrected chi connectivity index (χ2v) is 17.3. The summed E-state index contributed by atoms with van der Waals surface area (Å²) in [4.78, 5) is 12.4. The molecule has 1 amide bonds. The van der Waals surface area contributed by atoms with E-state index in [4.69, 9.17) is 0 Å². The van der Waals surface area contributed by atoms with Crippen LogP contribution in [0.15, 0.2) is 121 Å². The number of aryl methyl sites for hydroxylation is 2. The number of carbonyl (C=O) groups excluding carboxylic acids is 1. The summed E-state index contributed by atoms with van der Waals surface area (Å²) in [6.07, 6.45) is 12.8. The van der Waals surface area contributed by atoms with Crippen molar-refractivity contribution in [1.82, 2.24) is 3.80 Å². The van der Waals surface area contributed by atoms with Gasteiger partial charge in [-0.2, -0.15) is 0 Å². The molecule has 204 valence electrons. The molecule has 4 aromatic carbocycles. The van der Waals surface area contributed by atoms with Gasteiger partial charge in [-0.15, -0.1) is 0 Å². The number of allylic oxidation sites excluding steroid dienone is 3. The van der Waals surface area contributed by atoms with Gasteiger partial charge in [-0.05, 0) is 35.9 Å². The van der Waals surface area contributed by atoms with Gasteiger partial charge in [0.15, 0.2) is 0 Å². The molecule has 1 N–H and O–H groups in total. The van der Waals surface area contributed by atoms with E-state index < -0.39 is 16.8 Å². The largest absolute Gasteiger partial charge is 0.0149 e. The standard InChI is InChI=1S/C18H18.C9H7.C7H7NO.2CH3.H4Si.Ti/c1-15-7-11-17(12-8-15)5-3-4-6-18-13-9-16(2)10-14-18;1-2-5-9-7-3-6-8(9)4-1;8-7(9)6-4-2-1-3-5-6;;;;/h3-14H,1-2H3;1-7H;1-5H,(H2,8,9);2*1H3;1H4;/q;;;;;;+1/p-1. The molecule has 4 heteroatoms. The van der Waals surface area contributed by atoms with Gasteiger partial charge in [-0.1, -0.05) is 84.0 Å². The molecule has 0 saturated heterocycles. The Morgan fingerprint density at radius 1 is 0.700 bits per heavy atom. The first-order chi connectivity index (χ1) is 18.8. The van der Waals surface area contributed by atoms with E-state index in [-0.39, 0.29) is 16.9 Å². The monoisotopic (exact) mass is 579 g/mol. The average molecular weight is 580 g/mol. The summed E-state index contributed by atoms with van der Waals surface area (Å²) in [7, 11) is 0. The van der Waals surface area contributed by atoms with Crippen LogP contribution in [-0.2, 0) is 16.8 Å². The summed E-state index contributed by atoms with van der Waals surface area (Å²) in [5.74, 6) is 0.0541. The molecule has 5 rings (SSSR count). The smallest absolute Gasteiger partial charge is 0.0149 e. The first-order valence-corrected chi connectivity index (χ1v) is 18.3. The maximum Gasteiger partial charge on any atom is -0.0149 e. The van der Waals surface area contributed by atoms with Crippen LogP contribution in [0.1, 0.15) is 48.0 Å². The number of hydrogen-bond donors (Lipinski definition) is 1. The fourth-order valence-corrected chi connectivity index (χ4v) is 8.51. The van der Waals surface area contributed by atoms with Crippen LogP contribution in [0.3, 0.4) is 0 Å². The number of fused-ring (bicyclic) bond motifs is 1.